The molecule has 3 atom stereocenters. The number of rotatable bonds is 5. The zero-order valence-electron chi connectivity index (χ0n) is 9.24. The van der Waals surface area contributed by atoms with Crippen LogP contribution in [-0.4, -0.2) is 40.2 Å². The van der Waals surface area contributed by atoms with Crippen LogP contribution in [0.25, 0.3) is 0 Å². The Balaban J connectivity index is 0.00000144. The predicted molar refractivity (Wildman–Crippen MR) is 61.6 cm³/mol. The van der Waals surface area contributed by atoms with Crippen molar-refractivity contribution in [3.63, 3.8) is 0 Å². The summed E-state index contributed by atoms with van der Waals surface area (Å²) in [6, 6.07) is 0.440. The summed E-state index contributed by atoms with van der Waals surface area (Å²) in [7, 11) is 0. The molecule has 2 saturated heterocycles. The van der Waals surface area contributed by atoms with E-state index in [1.807, 2.05) is 11.8 Å². The number of carboxylic acids is 1. The van der Waals surface area contributed by atoms with Gasteiger partial charge in [0.25, 0.3) is 0 Å². The second kappa shape index (κ2) is 6.68. The first-order valence-corrected chi connectivity index (χ1v) is 6.62. The van der Waals surface area contributed by atoms with E-state index in [9.17, 15) is 9.59 Å². The third-order valence-electron chi connectivity index (χ3n) is 3.07. The number of unbranched alkanes of at least 4 members (excludes halogenated alkanes) is 1. The van der Waals surface area contributed by atoms with Crippen molar-refractivity contribution in [1.82, 2.24) is 10.6 Å². The number of carbonyl (C=O) groups excluding carboxylic acids is 1. The Labute approximate surface area is 120 Å². The second-order valence-corrected chi connectivity index (χ2v) is 5.53. The predicted octanol–water partition coefficient (Wildman–Crippen LogP) is 0.794. The van der Waals surface area contributed by atoms with Crippen LogP contribution >= 0.6 is 11.8 Å². The quantitative estimate of drug-likeness (QED) is 0.335. The molecule has 2 heterocycles. The smallest absolute Gasteiger partial charge is 0.315 e. The molecule has 0 aromatic rings. The van der Waals surface area contributed by atoms with Crippen LogP contribution in [0.1, 0.15) is 25.7 Å². The van der Waals surface area contributed by atoms with Gasteiger partial charge in [-0.15, -0.1) is 0 Å². The van der Waals surface area contributed by atoms with Gasteiger partial charge in [-0.05, 0) is 12.8 Å². The van der Waals surface area contributed by atoms with Crippen molar-refractivity contribution < 1.29 is 37.1 Å². The molecule has 0 unspecified atom stereocenters. The number of urea groups is 1. The van der Waals surface area contributed by atoms with Crippen molar-refractivity contribution in [3.05, 3.63) is 0 Å². The van der Waals surface area contributed by atoms with E-state index < -0.39 is 5.97 Å². The molecular weight excluding hydrogens is 425 g/mol. The number of aliphatic carboxylic acids is 1. The summed E-state index contributed by atoms with van der Waals surface area (Å²) < 4.78 is 0. The van der Waals surface area contributed by atoms with Gasteiger partial charge in [0.15, 0.2) is 0 Å². The number of nitrogens with one attached hydrogen (secondary N) is 2. The molecule has 0 saturated carbocycles. The minimum Gasteiger partial charge on any atom is -0.481 e. The standard InChI is InChI=1S/C10H16N2O3S.Au/c13-8(14)4-2-1-3-7-9-6(5-16-7)11-10(15)12-9;/h6-7,9H,1-5H2,(H,13,14)(H2,11,12,15);/t6-,7-,9-;/m0./s1. The Morgan fingerprint density at radius 3 is 2.88 bits per heavy atom. The normalized spacial score (nSPS) is 30.1. The van der Waals surface area contributed by atoms with Gasteiger partial charge in [-0.25, -0.2) is 4.79 Å². The zero-order chi connectivity index (χ0) is 11.5. The third-order valence-corrected chi connectivity index (χ3v) is 4.58. The molecule has 2 aliphatic rings. The maximum absolute atomic E-state index is 11.1. The number of carbonyl (C=O) groups is 2. The fraction of sp³-hybridized carbons (Fsp3) is 0.800. The number of amides is 2. The largest absolute Gasteiger partial charge is 0.481 e. The summed E-state index contributed by atoms with van der Waals surface area (Å²) >= 11 is 1.87. The van der Waals surface area contributed by atoms with Crippen molar-refractivity contribution >= 4 is 23.8 Å². The molecule has 0 bridgehead atoms. The van der Waals surface area contributed by atoms with Crippen LogP contribution in [0.15, 0.2) is 0 Å². The molecule has 2 amide bonds. The molecule has 2 rings (SSSR count). The third kappa shape index (κ3) is 3.91. The van der Waals surface area contributed by atoms with E-state index in [0.717, 1.165) is 25.0 Å². The Kier molecular flexibility index (Phi) is 5.85. The Morgan fingerprint density at radius 2 is 2.18 bits per heavy atom. The molecule has 2 fully saturated rings. The van der Waals surface area contributed by atoms with E-state index in [-0.39, 0.29) is 46.9 Å². The van der Waals surface area contributed by atoms with Crippen LogP contribution < -0.4 is 10.6 Å². The minimum atomic E-state index is -0.729. The van der Waals surface area contributed by atoms with Crippen LogP contribution in [-0.2, 0) is 27.2 Å². The van der Waals surface area contributed by atoms with E-state index in [0.29, 0.717) is 5.25 Å². The molecule has 0 aromatic carbocycles. The van der Waals surface area contributed by atoms with Crippen molar-refractivity contribution in [2.24, 2.45) is 0 Å². The fourth-order valence-corrected chi connectivity index (χ4v) is 3.81. The Morgan fingerprint density at radius 1 is 1.41 bits per heavy atom. The topological polar surface area (TPSA) is 78.4 Å². The average Bonchev–Trinajstić information content (AvgIpc) is 2.72. The van der Waals surface area contributed by atoms with Gasteiger partial charge in [0, 0.05) is 39.8 Å². The molecule has 101 valence electrons. The van der Waals surface area contributed by atoms with Crippen LogP contribution in [0.5, 0.6) is 0 Å². The molecule has 1 radical (unpaired) electrons. The molecule has 2 aliphatic heterocycles. The first kappa shape index (κ1) is 14.9. The molecular formula is C10H16AuN2O3S. The number of carboxylic acid groups (broad SMARTS) is 1. The maximum atomic E-state index is 11.1. The van der Waals surface area contributed by atoms with E-state index in [1.165, 1.54) is 0 Å². The van der Waals surface area contributed by atoms with Crippen molar-refractivity contribution in [2.75, 3.05) is 5.75 Å². The van der Waals surface area contributed by atoms with Gasteiger partial charge in [-0.1, -0.05) is 6.42 Å². The Hall–Kier alpha value is -0.170. The van der Waals surface area contributed by atoms with Crippen molar-refractivity contribution in [2.45, 2.75) is 43.0 Å². The summed E-state index contributed by atoms with van der Waals surface area (Å²) in [6.45, 7) is 0. The van der Waals surface area contributed by atoms with Crippen LogP contribution in [0.4, 0.5) is 4.79 Å². The summed E-state index contributed by atoms with van der Waals surface area (Å²) in [6.07, 6.45) is 2.88. The number of fused-ring (bicyclic) bond motifs is 1. The monoisotopic (exact) mass is 441 g/mol. The average molecular weight is 441 g/mol. The first-order chi connectivity index (χ1) is 7.66. The number of hydrogen-bond acceptors (Lipinski definition) is 3. The molecule has 5 nitrogen and oxygen atoms in total. The maximum Gasteiger partial charge on any atom is 0.315 e. The molecule has 7 heteroatoms. The van der Waals surface area contributed by atoms with Crippen molar-refractivity contribution in [1.29, 1.82) is 0 Å². The zero-order valence-corrected chi connectivity index (χ0v) is 12.2. The molecule has 0 aliphatic carbocycles. The molecule has 0 aromatic heterocycles. The Bertz CT molecular complexity index is 303. The number of thioether (sulfide) groups is 1. The van der Waals surface area contributed by atoms with Gasteiger partial charge in [-0.2, -0.15) is 11.8 Å². The van der Waals surface area contributed by atoms with Crippen LogP contribution in [0, 0.1) is 0 Å². The van der Waals surface area contributed by atoms with E-state index in [4.69, 9.17) is 5.11 Å². The van der Waals surface area contributed by atoms with E-state index in [2.05, 4.69) is 10.6 Å². The van der Waals surface area contributed by atoms with Gasteiger partial charge in [0.05, 0.1) is 12.1 Å². The summed E-state index contributed by atoms with van der Waals surface area (Å²) in [5.41, 5.74) is 0. The van der Waals surface area contributed by atoms with Gasteiger partial charge >= 0.3 is 12.0 Å². The fourth-order valence-electron chi connectivity index (χ4n) is 2.26. The number of hydrogen-bond donors (Lipinski definition) is 3. The summed E-state index contributed by atoms with van der Waals surface area (Å²) in [5, 5.41) is 14.8. The van der Waals surface area contributed by atoms with Gasteiger partial charge in [0.1, 0.15) is 0 Å². The molecule has 3 N–H and O–H groups in total. The van der Waals surface area contributed by atoms with Crippen LogP contribution in [0.2, 0.25) is 0 Å². The summed E-state index contributed by atoms with van der Waals surface area (Å²) in [5.74, 6) is 0.236. The molecule has 17 heavy (non-hydrogen) atoms. The van der Waals surface area contributed by atoms with E-state index in [1.54, 1.807) is 0 Å². The second-order valence-electron chi connectivity index (χ2n) is 4.26. The van der Waals surface area contributed by atoms with Crippen molar-refractivity contribution in [3.8, 4) is 0 Å². The SMILES string of the molecule is O=C(O)CCCC[C@@H]1SC[C@@H]2NC(=O)N[C@@H]21.[Au]. The van der Waals surface area contributed by atoms with Gasteiger partial charge in [0.2, 0.25) is 0 Å². The van der Waals surface area contributed by atoms with Crippen LogP contribution in [0.3, 0.4) is 0 Å². The summed E-state index contributed by atoms with van der Waals surface area (Å²) in [4.78, 5) is 21.5. The van der Waals surface area contributed by atoms with Gasteiger partial charge < -0.3 is 15.7 Å². The van der Waals surface area contributed by atoms with E-state index >= 15 is 0 Å². The minimum absolute atomic E-state index is 0. The first-order valence-electron chi connectivity index (χ1n) is 5.57. The van der Waals surface area contributed by atoms with Gasteiger partial charge in [-0.3, -0.25) is 4.79 Å². The molecule has 0 spiro atoms.